The summed E-state index contributed by atoms with van der Waals surface area (Å²) in [5, 5.41) is 15.8. The second kappa shape index (κ2) is 6.22. The molecular weight excluding hydrogens is 280 g/mol. The number of carbonyl (C=O) groups is 1. The van der Waals surface area contributed by atoms with Gasteiger partial charge in [0.25, 0.3) is 0 Å². The van der Waals surface area contributed by atoms with Crippen LogP contribution < -0.4 is 4.74 Å². The number of aryl methyl sites for hydroxylation is 1. The number of carboxylic acids is 1. The Bertz CT molecular complexity index is 657. The van der Waals surface area contributed by atoms with Gasteiger partial charge in [-0.2, -0.15) is 5.10 Å². The molecule has 0 saturated carbocycles. The Morgan fingerprint density at radius 2 is 1.95 bits per heavy atom. The molecule has 2 aromatic rings. The first-order chi connectivity index (χ1) is 10.3. The van der Waals surface area contributed by atoms with Crippen LogP contribution in [0.4, 0.5) is 0 Å². The summed E-state index contributed by atoms with van der Waals surface area (Å²) in [6, 6.07) is 7.92. The predicted octanol–water partition coefficient (Wildman–Crippen LogP) is 3.68. The number of aromatic nitrogens is 2. The average molecular weight is 302 g/mol. The summed E-state index contributed by atoms with van der Waals surface area (Å²) in [7, 11) is 0. The first-order valence-corrected chi connectivity index (χ1v) is 7.35. The van der Waals surface area contributed by atoms with Gasteiger partial charge in [-0.15, -0.1) is 0 Å². The van der Waals surface area contributed by atoms with E-state index in [1.807, 2.05) is 24.3 Å². The van der Waals surface area contributed by atoms with Crippen LogP contribution in [0.1, 0.15) is 54.5 Å². The minimum atomic E-state index is -0.995. The van der Waals surface area contributed by atoms with E-state index in [1.165, 1.54) is 5.56 Å². The standard InChI is InChI=1S/C17H22N2O3/c1-5-17(3,4)12-6-8-13(9-7-12)22-10-14-15(16(20)21)11(2)18-19-14/h6-9H,5,10H2,1-4H3,(H,18,19)(H,20,21). The van der Waals surface area contributed by atoms with E-state index in [0.29, 0.717) is 17.1 Å². The number of hydrogen-bond acceptors (Lipinski definition) is 3. The maximum atomic E-state index is 11.2. The van der Waals surface area contributed by atoms with Crippen LogP contribution in [-0.2, 0) is 12.0 Å². The summed E-state index contributed by atoms with van der Waals surface area (Å²) in [5.41, 5.74) is 2.51. The maximum Gasteiger partial charge on any atom is 0.339 e. The summed E-state index contributed by atoms with van der Waals surface area (Å²) in [4.78, 5) is 11.2. The van der Waals surface area contributed by atoms with Crippen LogP contribution in [0, 0.1) is 6.92 Å². The molecule has 0 saturated heterocycles. The highest BCUT2D eigenvalue weighted by molar-refractivity contribution is 5.90. The molecule has 118 valence electrons. The van der Waals surface area contributed by atoms with E-state index in [2.05, 4.69) is 31.0 Å². The second-order valence-corrected chi connectivity index (χ2v) is 6.03. The number of hydrogen-bond donors (Lipinski definition) is 2. The Kier molecular flexibility index (Phi) is 4.54. The minimum Gasteiger partial charge on any atom is -0.487 e. The number of aromatic carboxylic acids is 1. The number of H-pyrrole nitrogens is 1. The molecule has 22 heavy (non-hydrogen) atoms. The molecule has 0 aliphatic carbocycles. The van der Waals surface area contributed by atoms with E-state index in [1.54, 1.807) is 6.92 Å². The van der Waals surface area contributed by atoms with Gasteiger partial charge in [0.1, 0.15) is 23.6 Å². The normalized spacial score (nSPS) is 11.5. The van der Waals surface area contributed by atoms with E-state index < -0.39 is 5.97 Å². The molecule has 0 atom stereocenters. The molecule has 2 rings (SSSR count). The van der Waals surface area contributed by atoms with Gasteiger partial charge < -0.3 is 9.84 Å². The van der Waals surface area contributed by atoms with Crippen LogP contribution in [-0.4, -0.2) is 21.3 Å². The van der Waals surface area contributed by atoms with Crippen molar-refractivity contribution in [1.29, 1.82) is 0 Å². The van der Waals surface area contributed by atoms with Crippen molar-refractivity contribution < 1.29 is 14.6 Å². The van der Waals surface area contributed by atoms with Gasteiger partial charge in [-0.25, -0.2) is 4.79 Å². The maximum absolute atomic E-state index is 11.2. The first kappa shape index (κ1) is 16.1. The molecule has 0 amide bonds. The Morgan fingerprint density at radius 1 is 1.32 bits per heavy atom. The molecule has 0 bridgehead atoms. The van der Waals surface area contributed by atoms with Crippen molar-refractivity contribution >= 4 is 5.97 Å². The third-order valence-electron chi connectivity index (χ3n) is 4.13. The lowest BCUT2D eigenvalue weighted by Crippen LogP contribution is -2.15. The number of carboxylic acid groups (broad SMARTS) is 1. The lowest BCUT2D eigenvalue weighted by atomic mass is 9.82. The number of nitrogens with zero attached hydrogens (tertiary/aromatic N) is 1. The van der Waals surface area contributed by atoms with E-state index >= 15 is 0 Å². The number of benzene rings is 1. The van der Waals surface area contributed by atoms with Crippen LogP contribution in [0.3, 0.4) is 0 Å². The third-order valence-corrected chi connectivity index (χ3v) is 4.13. The average Bonchev–Trinajstić information content (AvgIpc) is 2.86. The largest absolute Gasteiger partial charge is 0.487 e. The number of ether oxygens (including phenoxy) is 1. The van der Waals surface area contributed by atoms with E-state index in [0.717, 1.165) is 6.42 Å². The highest BCUT2D eigenvalue weighted by Crippen LogP contribution is 2.28. The van der Waals surface area contributed by atoms with Crippen molar-refractivity contribution in [2.24, 2.45) is 0 Å². The van der Waals surface area contributed by atoms with Crippen LogP contribution in [0.5, 0.6) is 5.75 Å². The van der Waals surface area contributed by atoms with Gasteiger partial charge in [0.2, 0.25) is 0 Å². The molecule has 5 heteroatoms. The van der Waals surface area contributed by atoms with Gasteiger partial charge in [-0.1, -0.05) is 32.9 Å². The molecule has 0 aliphatic rings. The number of nitrogens with one attached hydrogen (secondary N) is 1. The van der Waals surface area contributed by atoms with Crippen LogP contribution in [0.2, 0.25) is 0 Å². The monoisotopic (exact) mass is 302 g/mol. The fraction of sp³-hybridized carbons (Fsp3) is 0.412. The number of rotatable bonds is 6. The molecule has 1 heterocycles. The summed E-state index contributed by atoms with van der Waals surface area (Å²) < 4.78 is 5.65. The van der Waals surface area contributed by atoms with Crippen molar-refractivity contribution in [2.75, 3.05) is 0 Å². The molecule has 0 radical (unpaired) electrons. The highest BCUT2D eigenvalue weighted by atomic mass is 16.5. The smallest absolute Gasteiger partial charge is 0.339 e. The molecule has 0 fully saturated rings. The van der Waals surface area contributed by atoms with Gasteiger partial charge >= 0.3 is 5.97 Å². The summed E-state index contributed by atoms with van der Waals surface area (Å²) >= 11 is 0. The summed E-state index contributed by atoms with van der Waals surface area (Å²) in [6.07, 6.45) is 1.06. The van der Waals surface area contributed by atoms with E-state index in [9.17, 15) is 9.90 Å². The third kappa shape index (κ3) is 3.30. The highest BCUT2D eigenvalue weighted by Gasteiger charge is 2.19. The first-order valence-electron chi connectivity index (χ1n) is 7.35. The van der Waals surface area contributed by atoms with Crippen molar-refractivity contribution in [3.8, 4) is 5.75 Å². The van der Waals surface area contributed by atoms with Crippen LogP contribution >= 0.6 is 0 Å². The zero-order chi connectivity index (χ0) is 16.3. The summed E-state index contributed by atoms with van der Waals surface area (Å²) in [5.74, 6) is -0.294. The van der Waals surface area contributed by atoms with Gasteiger partial charge in [0.15, 0.2) is 0 Å². The molecule has 0 aliphatic heterocycles. The molecule has 5 nitrogen and oxygen atoms in total. The van der Waals surface area contributed by atoms with Gasteiger partial charge in [-0.3, -0.25) is 5.10 Å². The zero-order valence-electron chi connectivity index (χ0n) is 13.4. The SMILES string of the molecule is CCC(C)(C)c1ccc(OCc2n[nH]c(C)c2C(=O)O)cc1. The van der Waals surface area contributed by atoms with Crippen molar-refractivity contribution in [2.45, 2.75) is 46.1 Å². The topological polar surface area (TPSA) is 75.2 Å². The lowest BCUT2D eigenvalue weighted by molar-refractivity contribution is 0.0693. The second-order valence-electron chi connectivity index (χ2n) is 6.03. The minimum absolute atomic E-state index is 0.127. The van der Waals surface area contributed by atoms with Gasteiger partial charge in [0, 0.05) is 5.69 Å². The van der Waals surface area contributed by atoms with Crippen LogP contribution in [0.15, 0.2) is 24.3 Å². The fourth-order valence-electron chi connectivity index (χ4n) is 2.23. The van der Waals surface area contributed by atoms with Crippen LogP contribution in [0.25, 0.3) is 0 Å². The lowest BCUT2D eigenvalue weighted by Gasteiger charge is -2.23. The predicted molar refractivity (Wildman–Crippen MR) is 84.4 cm³/mol. The van der Waals surface area contributed by atoms with E-state index in [-0.39, 0.29) is 17.6 Å². The molecule has 0 spiro atoms. The van der Waals surface area contributed by atoms with E-state index in [4.69, 9.17) is 4.74 Å². The van der Waals surface area contributed by atoms with Crippen molar-refractivity contribution in [3.63, 3.8) is 0 Å². The fourth-order valence-corrected chi connectivity index (χ4v) is 2.23. The molecule has 1 aromatic carbocycles. The summed E-state index contributed by atoms with van der Waals surface area (Å²) in [6.45, 7) is 8.38. The van der Waals surface area contributed by atoms with Crippen molar-refractivity contribution in [3.05, 3.63) is 46.8 Å². The molecule has 1 aromatic heterocycles. The zero-order valence-corrected chi connectivity index (χ0v) is 13.4. The molecule has 0 unspecified atom stereocenters. The van der Waals surface area contributed by atoms with Crippen molar-refractivity contribution in [1.82, 2.24) is 10.2 Å². The Hall–Kier alpha value is -2.30. The molecular formula is C17H22N2O3. The number of aromatic amines is 1. The Labute approximate surface area is 130 Å². The van der Waals surface area contributed by atoms with Gasteiger partial charge in [0.05, 0.1) is 0 Å². The van der Waals surface area contributed by atoms with Gasteiger partial charge in [-0.05, 0) is 36.5 Å². The quantitative estimate of drug-likeness (QED) is 0.853. The Morgan fingerprint density at radius 3 is 2.50 bits per heavy atom. The molecule has 2 N–H and O–H groups in total. The Balaban J connectivity index is 2.08.